The molecular weight excluding hydrogens is 455 g/mol. The normalized spacial score (nSPS) is 23.0. The summed E-state index contributed by atoms with van der Waals surface area (Å²) in [4.78, 5) is 0. The third-order valence-electron chi connectivity index (χ3n) is 5.43. The zero-order valence-corrected chi connectivity index (χ0v) is 19.9. The Labute approximate surface area is 199 Å². The van der Waals surface area contributed by atoms with Crippen LogP contribution in [0.25, 0.3) is 0 Å². The van der Waals surface area contributed by atoms with Crippen molar-refractivity contribution in [2.75, 3.05) is 13.2 Å². The highest BCUT2D eigenvalue weighted by Gasteiger charge is 2.43. The number of benzene rings is 3. The molecule has 34 heavy (non-hydrogen) atoms. The summed E-state index contributed by atoms with van der Waals surface area (Å²) in [5.74, 6) is 0. The summed E-state index contributed by atoms with van der Waals surface area (Å²) >= 11 is 0. The fourth-order valence-corrected chi connectivity index (χ4v) is 4.56. The lowest BCUT2D eigenvalue weighted by molar-refractivity contribution is -0.293. The second-order valence-corrected chi connectivity index (χ2v) is 9.97. The van der Waals surface area contributed by atoms with Crippen LogP contribution in [0.3, 0.4) is 0 Å². The van der Waals surface area contributed by atoms with Gasteiger partial charge in [-0.15, -0.1) is 0 Å². The Hall–Kier alpha value is -2.35. The zero-order valence-electron chi connectivity index (χ0n) is 19.0. The van der Waals surface area contributed by atoms with Crippen molar-refractivity contribution in [1.82, 2.24) is 0 Å². The van der Waals surface area contributed by atoms with Gasteiger partial charge in [-0.2, -0.15) is 0 Å². The van der Waals surface area contributed by atoms with Gasteiger partial charge in [0.15, 0.2) is 6.29 Å². The molecule has 1 fully saturated rings. The second kappa shape index (κ2) is 11.4. The predicted octanol–water partition coefficient (Wildman–Crippen LogP) is 5.41. The molecule has 1 aliphatic rings. The Morgan fingerprint density at radius 1 is 0.853 bits per heavy atom. The summed E-state index contributed by atoms with van der Waals surface area (Å²) in [6.07, 6.45) is -1.50. The molecular formula is C26H29O7P. The van der Waals surface area contributed by atoms with Crippen LogP contribution in [-0.2, 0) is 40.8 Å². The quantitative estimate of drug-likeness (QED) is 0.385. The Morgan fingerprint density at radius 3 is 1.88 bits per heavy atom. The highest BCUT2D eigenvalue weighted by Crippen LogP contribution is 2.51. The molecule has 180 valence electrons. The first kappa shape index (κ1) is 24.8. The average Bonchev–Trinajstić information content (AvgIpc) is 2.87. The SMILES string of the molecule is C[C@@]1(O)CO[C@H](c2ccccc2)O[C@@H]1COP(=O)(OCc1ccccc1)OCc1ccccc1. The number of aliphatic hydroxyl groups is 1. The Kier molecular flexibility index (Phi) is 8.29. The van der Waals surface area contributed by atoms with Crippen LogP contribution in [0.4, 0.5) is 0 Å². The van der Waals surface area contributed by atoms with Crippen LogP contribution >= 0.6 is 7.82 Å². The first-order valence-corrected chi connectivity index (χ1v) is 12.6. The van der Waals surface area contributed by atoms with E-state index >= 15 is 0 Å². The molecule has 0 amide bonds. The third-order valence-corrected chi connectivity index (χ3v) is 6.78. The molecule has 0 spiro atoms. The van der Waals surface area contributed by atoms with Gasteiger partial charge in [-0.1, -0.05) is 91.0 Å². The fraction of sp³-hybridized carbons (Fsp3) is 0.308. The Balaban J connectivity index is 1.44. The van der Waals surface area contributed by atoms with E-state index in [4.69, 9.17) is 23.0 Å². The lowest BCUT2D eigenvalue weighted by atomic mass is 9.99. The van der Waals surface area contributed by atoms with E-state index in [2.05, 4.69) is 0 Å². The predicted molar refractivity (Wildman–Crippen MR) is 127 cm³/mol. The highest BCUT2D eigenvalue weighted by atomic mass is 31.2. The van der Waals surface area contributed by atoms with Crippen molar-refractivity contribution in [3.63, 3.8) is 0 Å². The maximum absolute atomic E-state index is 13.5. The van der Waals surface area contributed by atoms with Crippen LogP contribution in [0, 0.1) is 0 Å². The largest absolute Gasteiger partial charge is 0.475 e. The number of hydrogen-bond donors (Lipinski definition) is 1. The topological polar surface area (TPSA) is 83.5 Å². The summed E-state index contributed by atoms with van der Waals surface area (Å²) < 4.78 is 42.2. The summed E-state index contributed by atoms with van der Waals surface area (Å²) in [6, 6.07) is 28.1. The van der Waals surface area contributed by atoms with Crippen molar-refractivity contribution in [2.24, 2.45) is 0 Å². The molecule has 0 radical (unpaired) electrons. The van der Waals surface area contributed by atoms with Crippen molar-refractivity contribution in [2.45, 2.75) is 38.1 Å². The van der Waals surface area contributed by atoms with Gasteiger partial charge in [0.25, 0.3) is 0 Å². The molecule has 1 heterocycles. The molecule has 1 N–H and O–H groups in total. The summed E-state index contributed by atoms with van der Waals surface area (Å²) in [7, 11) is -4.00. The molecule has 0 aliphatic carbocycles. The molecule has 1 saturated heterocycles. The second-order valence-electron chi connectivity index (χ2n) is 8.30. The number of phosphoric ester groups is 1. The van der Waals surface area contributed by atoms with E-state index < -0.39 is 25.8 Å². The minimum absolute atomic E-state index is 0.0284. The molecule has 8 heteroatoms. The van der Waals surface area contributed by atoms with Crippen molar-refractivity contribution in [1.29, 1.82) is 0 Å². The molecule has 3 aromatic rings. The van der Waals surface area contributed by atoms with Gasteiger partial charge in [0.2, 0.25) is 0 Å². The fourth-order valence-electron chi connectivity index (χ4n) is 3.40. The monoisotopic (exact) mass is 484 g/mol. The lowest BCUT2D eigenvalue weighted by Gasteiger charge is -2.40. The lowest BCUT2D eigenvalue weighted by Crippen LogP contribution is -2.52. The van der Waals surface area contributed by atoms with Crippen LogP contribution in [0.2, 0.25) is 0 Å². The van der Waals surface area contributed by atoms with Crippen LogP contribution in [0.1, 0.15) is 29.9 Å². The molecule has 4 rings (SSSR count). The highest BCUT2D eigenvalue weighted by molar-refractivity contribution is 7.48. The van der Waals surface area contributed by atoms with E-state index in [0.29, 0.717) is 0 Å². The number of hydrogen-bond acceptors (Lipinski definition) is 7. The van der Waals surface area contributed by atoms with E-state index in [-0.39, 0.29) is 26.4 Å². The zero-order chi connectivity index (χ0) is 23.9. The molecule has 0 aromatic heterocycles. The van der Waals surface area contributed by atoms with Crippen molar-refractivity contribution in [3.8, 4) is 0 Å². The van der Waals surface area contributed by atoms with Crippen LogP contribution in [-0.4, -0.2) is 30.0 Å². The first-order chi connectivity index (χ1) is 16.4. The number of rotatable bonds is 10. The maximum atomic E-state index is 13.5. The van der Waals surface area contributed by atoms with Gasteiger partial charge in [0, 0.05) is 5.56 Å². The minimum Gasteiger partial charge on any atom is -0.385 e. The van der Waals surface area contributed by atoms with E-state index in [1.54, 1.807) is 6.92 Å². The maximum Gasteiger partial charge on any atom is 0.475 e. The molecule has 0 saturated carbocycles. The van der Waals surface area contributed by atoms with Gasteiger partial charge >= 0.3 is 7.82 Å². The van der Waals surface area contributed by atoms with Crippen molar-refractivity contribution < 1.29 is 32.7 Å². The van der Waals surface area contributed by atoms with Gasteiger partial charge in [-0.05, 0) is 18.1 Å². The van der Waals surface area contributed by atoms with Crippen molar-refractivity contribution >= 4 is 7.82 Å². The summed E-state index contributed by atoms with van der Waals surface area (Å²) in [6.45, 7) is 1.50. The van der Waals surface area contributed by atoms with Gasteiger partial charge in [-0.25, -0.2) is 4.57 Å². The average molecular weight is 484 g/mol. The van der Waals surface area contributed by atoms with E-state index in [1.165, 1.54) is 0 Å². The molecule has 0 unspecified atom stereocenters. The minimum atomic E-state index is -4.00. The first-order valence-electron chi connectivity index (χ1n) is 11.1. The third kappa shape index (κ3) is 6.84. The van der Waals surface area contributed by atoms with Gasteiger partial charge in [0.1, 0.15) is 11.7 Å². The van der Waals surface area contributed by atoms with Crippen LogP contribution in [0.5, 0.6) is 0 Å². The van der Waals surface area contributed by atoms with Gasteiger partial charge in [0.05, 0.1) is 26.4 Å². The van der Waals surface area contributed by atoms with E-state index in [9.17, 15) is 9.67 Å². The molecule has 3 aromatic carbocycles. The summed E-state index contributed by atoms with van der Waals surface area (Å²) in [5.41, 5.74) is 1.11. The van der Waals surface area contributed by atoms with E-state index in [1.807, 2.05) is 91.0 Å². The van der Waals surface area contributed by atoms with Gasteiger partial charge in [-0.3, -0.25) is 13.6 Å². The van der Waals surface area contributed by atoms with Crippen LogP contribution in [0.15, 0.2) is 91.0 Å². The molecule has 7 nitrogen and oxygen atoms in total. The molecule has 3 atom stereocenters. The smallest absolute Gasteiger partial charge is 0.385 e. The number of ether oxygens (including phenoxy) is 2. The molecule has 1 aliphatic heterocycles. The molecule has 0 bridgehead atoms. The number of phosphoric acid groups is 1. The Bertz CT molecular complexity index is 1010. The van der Waals surface area contributed by atoms with Gasteiger partial charge < -0.3 is 14.6 Å². The Morgan fingerprint density at radius 2 is 1.35 bits per heavy atom. The van der Waals surface area contributed by atoms with E-state index in [0.717, 1.165) is 16.7 Å². The van der Waals surface area contributed by atoms with Crippen molar-refractivity contribution in [3.05, 3.63) is 108 Å². The van der Waals surface area contributed by atoms with Crippen LogP contribution < -0.4 is 0 Å². The summed E-state index contributed by atoms with van der Waals surface area (Å²) in [5, 5.41) is 10.8. The standard InChI is InChI=1S/C26H29O7P/c1-26(27)20-29-25(23-15-9-4-10-16-23)33-24(26)19-32-34(28,30-17-21-11-5-2-6-12-21)31-18-22-13-7-3-8-14-22/h2-16,24-25,27H,17-20H2,1H3/t24-,25+,26-/m1/s1.